The van der Waals surface area contributed by atoms with Gasteiger partial charge in [-0.15, -0.1) is 0 Å². The summed E-state index contributed by atoms with van der Waals surface area (Å²) in [5, 5.41) is 3.42. The fourth-order valence-electron chi connectivity index (χ4n) is 2.39. The van der Waals surface area contributed by atoms with Crippen LogP contribution in [0.2, 0.25) is 0 Å². The highest BCUT2D eigenvalue weighted by Gasteiger charge is 2.29. The minimum Gasteiger partial charge on any atom is -0.312 e. The molecule has 2 aliphatic rings. The molecule has 1 aliphatic heterocycles. The molecule has 2 heterocycles. The van der Waals surface area contributed by atoms with Gasteiger partial charge in [0.1, 0.15) is 5.82 Å². The van der Waals surface area contributed by atoms with E-state index < -0.39 is 0 Å². The SMILES string of the molecule is CC(C)c1nc(C2CC2)nc2c1CNCC2. The summed E-state index contributed by atoms with van der Waals surface area (Å²) >= 11 is 0. The molecule has 1 aromatic rings. The molecule has 1 N–H and O–H groups in total. The zero-order chi connectivity index (χ0) is 11.1. The number of nitrogens with zero attached hydrogens (tertiary/aromatic N) is 2. The van der Waals surface area contributed by atoms with Crippen molar-refractivity contribution in [2.75, 3.05) is 6.54 Å². The van der Waals surface area contributed by atoms with Crippen molar-refractivity contribution in [2.24, 2.45) is 0 Å². The summed E-state index contributed by atoms with van der Waals surface area (Å²) in [6.07, 6.45) is 3.64. The minimum atomic E-state index is 0.508. The lowest BCUT2D eigenvalue weighted by atomic mass is 9.98. The third kappa shape index (κ3) is 1.73. The molecular formula is C13H19N3. The monoisotopic (exact) mass is 217 g/mol. The van der Waals surface area contributed by atoms with Crippen LogP contribution in [0, 0.1) is 0 Å². The number of aromatic nitrogens is 2. The van der Waals surface area contributed by atoms with Crippen LogP contribution in [0.25, 0.3) is 0 Å². The van der Waals surface area contributed by atoms with Gasteiger partial charge in [0.15, 0.2) is 0 Å². The molecule has 0 unspecified atom stereocenters. The van der Waals surface area contributed by atoms with E-state index in [-0.39, 0.29) is 0 Å². The van der Waals surface area contributed by atoms with Gasteiger partial charge in [-0.25, -0.2) is 9.97 Å². The van der Waals surface area contributed by atoms with Gasteiger partial charge in [0.05, 0.1) is 11.4 Å². The van der Waals surface area contributed by atoms with Gasteiger partial charge in [-0.05, 0) is 18.8 Å². The molecule has 0 saturated heterocycles. The number of rotatable bonds is 2. The van der Waals surface area contributed by atoms with Crippen molar-refractivity contribution >= 4 is 0 Å². The maximum atomic E-state index is 4.80. The Labute approximate surface area is 96.7 Å². The van der Waals surface area contributed by atoms with E-state index in [1.54, 1.807) is 0 Å². The van der Waals surface area contributed by atoms with Crippen molar-refractivity contribution in [3.8, 4) is 0 Å². The summed E-state index contributed by atoms with van der Waals surface area (Å²) in [6, 6.07) is 0. The van der Waals surface area contributed by atoms with Crippen LogP contribution in [-0.4, -0.2) is 16.5 Å². The van der Waals surface area contributed by atoms with E-state index in [1.165, 1.54) is 29.8 Å². The van der Waals surface area contributed by atoms with E-state index in [9.17, 15) is 0 Å². The van der Waals surface area contributed by atoms with Crippen molar-refractivity contribution in [3.05, 3.63) is 22.8 Å². The Kier molecular flexibility index (Phi) is 2.43. The lowest BCUT2D eigenvalue weighted by molar-refractivity contribution is 0.600. The molecule has 0 amide bonds. The molecule has 0 radical (unpaired) electrons. The van der Waals surface area contributed by atoms with Gasteiger partial charge in [-0.3, -0.25) is 0 Å². The maximum absolute atomic E-state index is 4.80. The normalized spacial score (nSPS) is 19.9. The molecule has 0 spiro atoms. The van der Waals surface area contributed by atoms with Crippen molar-refractivity contribution in [1.82, 2.24) is 15.3 Å². The molecule has 86 valence electrons. The minimum absolute atomic E-state index is 0.508. The Morgan fingerprint density at radius 1 is 1.25 bits per heavy atom. The summed E-state index contributed by atoms with van der Waals surface area (Å²) < 4.78 is 0. The first-order valence-electron chi connectivity index (χ1n) is 6.36. The second-order valence-corrected chi connectivity index (χ2v) is 5.25. The topological polar surface area (TPSA) is 37.8 Å². The molecule has 3 nitrogen and oxygen atoms in total. The summed E-state index contributed by atoms with van der Waals surface area (Å²) in [5.74, 6) is 2.29. The fourth-order valence-corrected chi connectivity index (χ4v) is 2.39. The van der Waals surface area contributed by atoms with Crippen molar-refractivity contribution in [3.63, 3.8) is 0 Å². The van der Waals surface area contributed by atoms with Gasteiger partial charge >= 0.3 is 0 Å². The van der Waals surface area contributed by atoms with E-state index in [4.69, 9.17) is 9.97 Å². The van der Waals surface area contributed by atoms with Crippen molar-refractivity contribution < 1.29 is 0 Å². The predicted molar refractivity (Wildman–Crippen MR) is 63.5 cm³/mol. The van der Waals surface area contributed by atoms with Gasteiger partial charge in [0.25, 0.3) is 0 Å². The van der Waals surface area contributed by atoms with Crippen LogP contribution in [0.3, 0.4) is 0 Å². The maximum Gasteiger partial charge on any atom is 0.131 e. The first kappa shape index (κ1) is 10.2. The van der Waals surface area contributed by atoms with Gasteiger partial charge in [0.2, 0.25) is 0 Å². The lowest BCUT2D eigenvalue weighted by Crippen LogP contribution is -2.27. The highest BCUT2D eigenvalue weighted by atomic mass is 15.0. The third-order valence-corrected chi connectivity index (χ3v) is 3.47. The number of nitrogens with one attached hydrogen (secondary N) is 1. The fraction of sp³-hybridized carbons (Fsp3) is 0.692. The molecule has 1 aromatic heterocycles. The molecule has 0 atom stereocenters. The van der Waals surface area contributed by atoms with Gasteiger partial charge in [-0.1, -0.05) is 13.8 Å². The van der Waals surface area contributed by atoms with Crippen LogP contribution < -0.4 is 5.32 Å². The van der Waals surface area contributed by atoms with Gasteiger partial charge < -0.3 is 5.32 Å². The predicted octanol–water partition coefficient (Wildman–Crippen LogP) is 2.12. The van der Waals surface area contributed by atoms with Crippen LogP contribution in [-0.2, 0) is 13.0 Å². The highest BCUT2D eigenvalue weighted by molar-refractivity contribution is 5.31. The molecule has 1 aliphatic carbocycles. The molecule has 16 heavy (non-hydrogen) atoms. The average Bonchev–Trinajstić information content (AvgIpc) is 3.11. The summed E-state index contributed by atoms with van der Waals surface area (Å²) in [7, 11) is 0. The first-order chi connectivity index (χ1) is 7.75. The second-order valence-electron chi connectivity index (χ2n) is 5.25. The summed E-state index contributed by atoms with van der Waals surface area (Å²) in [6.45, 7) is 6.47. The smallest absolute Gasteiger partial charge is 0.131 e. The average molecular weight is 217 g/mol. The summed E-state index contributed by atoms with van der Waals surface area (Å²) in [5.41, 5.74) is 3.95. The number of fused-ring (bicyclic) bond motifs is 1. The Bertz CT molecular complexity index is 408. The van der Waals surface area contributed by atoms with Crippen molar-refractivity contribution in [1.29, 1.82) is 0 Å². The highest BCUT2D eigenvalue weighted by Crippen LogP contribution is 2.39. The molecular weight excluding hydrogens is 198 g/mol. The van der Waals surface area contributed by atoms with Gasteiger partial charge in [0, 0.05) is 31.0 Å². The molecule has 0 bridgehead atoms. The zero-order valence-electron chi connectivity index (χ0n) is 10.1. The van der Waals surface area contributed by atoms with Crippen LogP contribution >= 0.6 is 0 Å². The van der Waals surface area contributed by atoms with E-state index in [1.807, 2.05) is 0 Å². The summed E-state index contributed by atoms with van der Waals surface area (Å²) in [4.78, 5) is 9.56. The lowest BCUT2D eigenvalue weighted by Gasteiger charge is -2.21. The molecule has 3 rings (SSSR count). The van der Waals surface area contributed by atoms with Crippen LogP contribution in [0.15, 0.2) is 0 Å². The zero-order valence-corrected chi connectivity index (χ0v) is 10.1. The second kappa shape index (κ2) is 3.81. The van der Waals surface area contributed by atoms with Crippen molar-refractivity contribution in [2.45, 2.75) is 51.5 Å². The quantitative estimate of drug-likeness (QED) is 0.824. The van der Waals surface area contributed by atoms with E-state index in [2.05, 4.69) is 19.2 Å². The number of hydrogen-bond acceptors (Lipinski definition) is 3. The molecule has 3 heteroatoms. The van der Waals surface area contributed by atoms with Crippen LogP contribution in [0.5, 0.6) is 0 Å². The molecule has 1 saturated carbocycles. The standard InChI is InChI=1S/C13H19N3/c1-8(2)12-10-7-14-6-5-11(10)15-13(16-12)9-3-4-9/h8-9,14H,3-7H2,1-2H3. The van der Waals surface area contributed by atoms with E-state index in [0.717, 1.165) is 25.3 Å². The Morgan fingerprint density at radius 2 is 2.06 bits per heavy atom. The van der Waals surface area contributed by atoms with Crippen LogP contribution in [0.4, 0.5) is 0 Å². The third-order valence-electron chi connectivity index (χ3n) is 3.47. The molecule has 0 aromatic carbocycles. The molecule has 1 fully saturated rings. The number of hydrogen-bond donors (Lipinski definition) is 1. The van der Waals surface area contributed by atoms with Gasteiger partial charge in [-0.2, -0.15) is 0 Å². The first-order valence-corrected chi connectivity index (χ1v) is 6.36. The largest absolute Gasteiger partial charge is 0.312 e. The Hall–Kier alpha value is -0.960. The Balaban J connectivity index is 2.08. The van der Waals surface area contributed by atoms with E-state index in [0.29, 0.717) is 11.8 Å². The van der Waals surface area contributed by atoms with E-state index >= 15 is 0 Å². The van der Waals surface area contributed by atoms with Crippen LogP contribution in [0.1, 0.15) is 61.3 Å². The Morgan fingerprint density at radius 3 is 2.75 bits per heavy atom.